The maximum absolute atomic E-state index is 12.5. The minimum absolute atomic E-state index is 0.117. The van der Waals surface area contributed by atoms with Crippen molar-refractivity contribution in [1.82, 2.24) is 24.9 Å². The van der Waals surface area contributed by atoms with Crippen LogP contribution in [-0.2, 0) is 19.1 Å². The SMILES string of the molecule is CCc1nc(N)nn1Cc1ccc(-c2noc(C(F)(F)F)n2)cc1. The Kier molecular flexibility index (Phi) is 3.96. The summed E-state index contributed by atoms with van der Waals surface area (Å²) in [6.07, 6.45) is -3.97. The third kappa shape index (κ3) is 3.21. The topological polar surface area (TPSA) is 95.7 Å². The molecule has 0 amide bonds. The quantitative estimate of drug-likeness (QED) is 0.785. The van der Waals surface area contributed by atoms with E-state index in [4.69, 9.17) is 5.73 Å². The number of alkyl halides is 3. The highest BCUT2D eigenvalue weighted by atomic mass is 19.4. The van der Waals surface area contributed by atoms with Gasteiger partial charge < -0.3 is 10.3 Å². The van der Waals surface area contributed by atoms with E-state index in [2.05, 4.69) is 24.7 Å². The molecule has 0 aliphatic heterocycles. The van der Waals surface area contributed by atoms with Gasteiger partial charge in [-0.3, -0.25) is 0 Å². The predicted octanol–water partition coefficient (Wildman–Crippen LogP) is 2.54. The largest absolute Gasteiger partial charge is 0.471 e. The van der Waals surface area contributed by atoms with Gasteiger partial charge in [0.1, 0.15) is 5.82 Å². The van der Waals surface area contributed by atoms with Crippen LogP contribution in [-0.4, -0.2) is 24.9 Å². The van der Waals surface area contributed by atoms with Crippen LogP contribution in [0.25, 0.3) is 11.4 Å². The van der Waals surface area contributed by atoms with Crippen LogP contribution in [0.2, 0.25) is 0 Å². The Morgan fingerprint density at radius 3 is 2.46 bits per heavy atom. The van der Waals surface area contributed by atoms with Crippen molar-refractivity contribution in [3.63, 3.8) is 0 Å². The van der Waals surface area contributed by atoms with E-state index in [1.54, 1.807) is 28.9 Å². The standard InChI is InChI=1S/C14H13F3N6O/c1-2-10-19-13(18)21-23(10)7-8-3-5-9(6-4-8)11-20-12(24-22-11)14(15,16)17/h3-6H,2,7H2,1H3,(H2,18,21). The third-order valence-electron chi connectivity index (χ3n) is 3.29. The third-order valence-corrected chi connectivity index (χ3v) is 3.29. The molecule has 10 heteroatoms. The van der Waals surface area contributed by atoms with Gasteiger partial charge in [-0.15, -0.1) is 5.10 Å². The van der Waals surface area contributed by atoms with E-state index >= 15 is 0 Å². The summed E-state index contributed by atoms with van der Waals surface area (Å²) in [7, 11) is 0. The first-order valence-corrected chi connectivity index (χ1v) is 7.06. The number of hydrogen-bond donors (Lipinski definition) is 1. The molecular formula is C14H13F3N6O. The molecule has 1 aromatic carbocycles. The van der Waals surface area contributed by atoms with Gasteiger partial charge in [0.25, 0.3) is 0 Å². The van der Waals surface area contributed by atoms with Gasteiger partial charge in [-0.1, -0.05) is 36.3 Å². The lowest BCUT2D eigenvalue weighted by atomic mass is 10.1. The fourth-order valence-electron chi connectivity index (χ4n) is 2.17. The van der Waals surface area contributed by atoms with E-state index in [1.807, 2.05) is 6.92 Å². The number of rotatable bonds is 4. The van der Waals surface area contributed by atoms with E-state index in [-0.39, 0.29) is 11.8 Å². The minimum atomic E-state index is -4.66. The highest BCUT2D eigenvalue weighted by Crippen LogP contribution is 2.29. The molecule has 0 fully saturated rings. The molecule has 7 nitrogen and oxygen atoms in total. The number of aromatic nitrogens is 5. The molecule has 24 heavy (non-hydrogen) atoms. The van der Waals surface area contributed by atoms with Crippen LogP contribution in [0.3, 0.4) is 0 Å². The van der Waals surface area contributed by atoms with Crippen LogP contribution in [0.1, 0.15) is 24.2 Å². The number of benzene rings is 1. The summed E-state index contributed by atoms with van der Waals surface area (Å²) < 4.78 is 43.3. The molecule has 0 unspecified atom stereocenters. The van der Waals surface area contributed by atoms with Crippen LogP contribution < -0.4 is 5.73 Å². The maximum Gasteiger partial charge on any atom is 0.471 e. The Balaban J connectivity index is 1.79. The van der Waals surface area contributed by atoms with Gasteiger partial charge in [-0.05, 0) is 5.56 Å². The lowest BCUT2D eigenvalue weighted by Crippen LogP contribution is -2.06. The second-order valence-corrected chi connectivity index (χ2v) is 5.02. The van der Waals surface area contributed by atoms with Gasteiger partial charge in [0.2, 0.25) is 11.8 Å². The first-order valence-electron chi connectivity index (χ1n) is 7.06. The zero-order valence-electron chi connectivity index (χ0n) is 12.6. The molecule has 2 aromatic heterocycles. The molecule has 2 heterocycles. The first kappa shape index (κ1) is 16.0. The molecule has 0 saturated heterocycles. The number of nitrogens with zero attached hydrogens (tertiary/aromatic N) is 5. The molecular weight excluding hydrogens is 325 g/mol. The molecule has 3 rings (SSSR count). The lowest BCUT2D eigenvalue weighted by Gasteiger charge is -2.05. The summed E-state index contributed by atoms with van der Waals surface area (Å²) in [5.74, 6) is -0.528. The molecule has 0 aliphatic rings. The molecule has 2 N–H and O–H groups in total. The summed E-state index contributed by atoms with van der Waals surface area (Å²) in [5.41, 5.74) is 6.89. The lowest BCUT2D eigenvalue weighted by molar-refractivity contribution is -0.159. The number of anilines is 1. The van der Waals surface area contributed by atoms with E-state index < -0.39 is 12.1 Å². The van der Waals surface area contributed by atoms with Gasteiger partial charge in [0, 0.05) is 12.0 Å². The van der Waals surface area contributed by atoms with Crippen LogP contribution in [0.4, 0.5) is 19.1 Å². The zero-order valence-corrected chi connectivity index (χ0v) is 12.6. The molecule has 0 atom stereocenters. The number of hydrogen-bond acceptors (Lipinski definition) is 6. The molecule has 0 spiro atoms. The van der Waals surface area contributed by atoms with Crippen LogP contribution in [0, 0.1) is 0 Å². The number of aryl methyl sites for hydroxylation is 1. The highest BCUT2D eigenvalue weighted by Gasteiger charge is 2.38. The number of halogens is 3. The van der Waals surface area contributed by atoms with Gasteiger partial charge in [-0.2, -0.15) is 23.1 Å². The Bertz CT molecular complexity index is 837. The van der Waals surface area contributed by atoms with Gasteiger partial charge in [-0.25, -0.2) is 4.68 Å². The zero-order chi connectivity index (χ0) is 17.3. The van der Waals surface area contributed by atoms with Crippen molar-refractivity contribution in [2.45, 2.75) is 26.1 Å². The minimum Gasteiger partial charge on any atom is -0.366 e. The molecule has 0 bridgehead atoms. The van der Waals surface area contributed by atoms with Crippen molar-refractivity contribution in [2.24, 2.45) is 0 Å². The van der Waals surface area contributed by atoms with Crippen LogP contribution >= 0.6 is 0 Å². The Hall–Kier alpha value is -2.91. The van der Waals surface area contributed by atoms with Gasteiger partial charge in [0.15, 0.2) is 0 Å². The van der Waals surface area contributed by atoms with Crippen molar-refractivity contribution < 1.29 is 17.7 Å². The van der Waals surface area contributed by atoms with E-state index in [9.17, 15) is 13.2 Å². The summed E-state index contributed by atoms with van der Waals surface area (Å²) in [6.45, 7) is 2.39. The van der Waals surface area contributed by atoms with Crippen molar-refractivity contribution in [3.05, 3.63) is 41.5 Å². The molecule has 0 radical (unpaired) electrons. The molecule has 0 aliphatic carbocycles. The average molecular weight is 338 g/mol. The number of nitrogen functional groups attached to an aromatic ring is 1. The van der Waals surface area contributed by atoms with E-state index in [0.717, 1.165) is 11.4 Å². The second-order valence-electron chi connectivity index (χ2n) is 5.02. The Morgan fingerprint density at radius 1 is 1.17 bits per heavy atom. The van der Waals surface area contributed by atoms with Crippen molar-refractivity contribution >= 4 is 5.95 Å². The van der Waals surface area contributed by atoms with Crippen LogP contribution in [0.15, 0.2) is 28.8 Å². The molecule has 126 valence electrons. The summed E-state index contributed by atoms with van der Waals surface area (Å²) >= 11 is 0. The Labute approximate surface area is 134 Å². The summed E-state index contributed by atoms with van der Waals surface area (Å²) in [4.78, 5) is 7.46. The van der Waals surface area contributed by atoms with Crippen molar-refractivity contribution in [2.75, 3.05) is 5.73 Å². The first-order chi connectivity index (χ1) is 11.4. The maximum atomic E-state index is 12.5. The number of nitrogens with two attached hydrogens (primary N) is 1. The summed E-state index contributed by atoms with van der Waals surface area (Å²) in [5, 5.41) is 7.45. The van der Waals surface area contributed by atoms with Crippen LogP contribution in [0.5, 0.6) is 0 Å². The van der Waals surface area contributed by atoms with Gasteiger partial charge >= 0.3 is 12.1 Å². The van der Waals surface area contributed by atoms with Gasteiger partial charge in [0.05, 0.1) is 6.54 Å². The fraction of sp³-hybridized carbons (Fsp3) is 0.286. The molecule has 3 aromatic rings. The highest BCUT2D eigenvalue weighted by molar-refractivity contribution is 5.54. The van der Waals surface area contributed by atoms with Crippen molar-refractivity contribution in [3.8, 4) is 11.4 Å². The monoisotopic (exact) mass is 338 g/mol. The summed E-state index contributed by atoms with van der Waals surface area (Å²) in [6, 6.07) is 6.73. The normalized spacial score (nSPS) is 11.8. The predicted molar refractivity (Wildman–Crippen MR) is 77.7 cm³/mol. The molecule has 0 saturated carbocycles. The second kappa shape index (κ2) is 5.95. The van der Waals surface area contributed by atoms with Crippen molar-refractivity contribution in [1.29, 1.82) is 0 Å². The van der Waals surface area contributed by atoms with E-state index in [1.165, 1.54) is 0 Å². The smallest absolute Gasteiger partial charge is 0.366 e. The Morgan fingerprint density at radius 2 is 1.88 bits per heavy atom. The fourth-order valence-corrected chi connectivity index (χ4v) is 2.17. The average Bonchev–Trinajstić information content (AvgIpc) is 3.14. The van der Waals surface area contributed by atoms with E-state index in [0.29, 0.717) is 18.5 Å².